The molecule has 0 saturated carbocycles. The molecule has 3 atom stereocenters. The molecule has 3 N–H and O–H groups in total. The van der Waals surface area contributed by atoms with Crippen molar-refractivity contribution in [3.05, 3.63) is 63.1 Å². The van der Waals surface area contributed by atoms with Gasteiger partial charge in [-0.15, -0.1) is 11.3 Å². The van der Waals surface area contributed by atoms with Gasteiger partial charge in [0.1, 0.15) is 11.6 Å². The van der Waals surface area contributed by atoms with Crippen LogP contribution in [0.1, 0.15) is 83.7 Å². The highest BCUT2D eigenvalue weighted by atomic mass is 32.1. The van der Waals surface area contributed by atoms with Gasteiger partial charge in [-0.3, -0.25) is 14.8 Å². The van der Waals surface area contributed by atoms with E-state index >= 15 is 0 Å². The number of hydrogen-bond donors (Lipinski definition) is 3. The Balaban J connectivity index is 1.53. The lowest BCUT2D eigenvalue weighted by Gasteiger charge is -2.31. The zero-order valence-corrected chi connectivity index (χ0v) is 33.6. The molecule has 3 aromatic heterocycles. The van der Waals surface area contributed by atoms with Crippen LogP contribution in [-0.2, 0) is 38.5 Å². The summed E-state index contributed by atoms with van der Waals surface area (Å²) in [4.78, 5) is 54.0. The predicted molar refractivity (Wildman–Crippen MR) is 207 cm³/mol. The molecule has 1 fully saturated rings. The minimum absolute atomic E-state index is 0.0150. The first-order valence-corrected chi connectivity index (χ1v) is 19.2. The maximum absolute atomic E-state index is 13.9. The zero-order valence-electron chi connectivity index (χ0n) is 32.8. The van der Waals surface area contributed by atoms with Crippen LogP contribution >= 0.6 is 11.3 Å². The smallest absolute Gasteiger partial charge is 0.408 e. The number of thiazole rings is 1. The summed E-state index contributed by atoms with van der Waals surface area (Å²) in [6, 6.07) is 9.30. The highest BCUT2D eigenvalue weighted by Crippen LogP contribution is 2.41. The van der Waals surface area contributed by atoms with Gasteiger partial charge in [0.15, 0.2) is 7.11 Å². The van der Waals surface area contributed by atoms with E-state index < -0.39 is 35.2 Å². The molecule has 0 spiro atoms. The number of aliphatic hydroxyl groups excluding tert-OH is 1. The second kappa shape index (κ2) is 16.9. The molecule has 4 heterocycles. The minimum atomic E-state index is -1.02. The number of hydrogen-bond acceptors (Lipinski definition) is 11. The molecule has 15 heteroatoms. The third-order valence-electron chi connectivity index (χ3n) is 9.48. The lowest BCUT2D eigenvalue weighted by molar-refractivity contribution is -0.826. The fourth-order valence-electron chi connectivity index (χ4n) is 6.74. The van der Waals surface area contributed by atoms with E-state index in [0.717, 1.165) is 44.7 Å². The van der Waals surface area contributed by atoms with Crippen LogP contribution < -0.4 is 10.7 Å². The van der Waals surface area contributed by atoms with Crippen molar-refractivity contribution < 1.29 is 33.9 Å². The molecule has 4 aromatic rings. The first-order valence-electron chi connectivity index (χ1n) is 18.4. The van der Waals surface area contributed by atoms with Crippen molar-refractivity contribution in [1.29, 1.82) is 0 Å². The van der Waals surface area contributed by atoms with E-state index in [2.05, 4.69) is 54.3 Å². The standard InChI is InChI=1S/C39H53N7O7S/c1-10-44-31-16-15-25(19-27(31)28(21-39(6,7)23-47)35(44)26-13-11-17-40-34(26)24(2)51-8)30-22-54-33(41-30)20-29(42-37(49)53-38(3,4)5)36(48)45-18-12-14-32(43-45)46(50)52-9/h11,13,15-17,19,22,24,29,32,43,47H,10,12,14,18,20-21,23H2,1-9H3/p+1/t24-,29-,32+/m0/s1. The number of ether oxygens (including phenoxy) is 2. The highest BCUT2D eigenvalue weighted by molar-refractivity contribution is 7.10. The number of benzene rings is 1. The quantitative estimate of drug-likeness (QED) is 0.124. The molecule has 292 valence electrons. The zero-order chi connectivity index (χ0) is 39.4. The Morgan fingerprint density at radius 3 is 2.61 bits per heavy atom. The van der Waals surface area contributed by atoms with Crippen molar-refractivity contribution in [3.8, 4) is 22.5 Å². The van der Waals surface area contributed by atoms with E-state index in [1.54, 1.807) is 34.1 Å². The SMILES string of the molecule is CCn1c(-c2cccnc2[C@H](C)OC)c(CC(C)(C)CO)c2cc(-c3csc(C[C@H](NC(=O)OC(C)(C)C)C(=O)N4CCC[C@@H]([N+](=O)OC)N4)n3)ccc21. The molecule has 14 nitrogen and oxygen atoms in total. The number of nitrogens with zero attached hydrogens (tertiary/aromatic N) is 5. The maximum atomic E-state index is 13.9. The Hall–Kier alpha value is -4.44. The topological polar surface area (TPSA) is 160 Å². The number of alkyl carbamates (subject to hydrolysis) is 1. The molecular formula is C39H54N7O7S+. The summed E-state index contributed by atoms with van der Waals surface area (Å²) < 4.78 is 13.5. The average Bonchev–Trinajstić information content (AvgIpc) is 3.74. The van der Waals surface area contributed by atoms with Crippen molar-refractivity contribution >= 4 is 34.2 Å². The molecule has 2 amide bonds. The molecular weight excluding hydrogens is 711 g/mol. The molecule has 0 bridgehead atoms. The van der Waals surface area contributed by atoms with Gasteiger partial charge in [-0.05, 0) is 82.7 Å². The van der Waals surface area contributed by atoms with Crippen LogP contribution in [0.25, 0.3) is 33.4 Å². The minimum Gasteiger partial charge on any atom is -0.444 e. The van der Waals surface area contributed by atoms with Gasteiger partial charge in [-0.2, -0.15) is 5.43 Å². The molecule has 5 rings (SSSR count). The highest BCUT2D eigenvalue weighted by Gasteiger charge is 2.38. The average molecular weight is 765 g/mol. The largest absolute Gasteiger partial charge is 0.444 e. The molecule has 0 aliphatic carbocycles. The monoisotopic (exact) mass is 764 g/mol. The van der Waals surface area contributed by atoms with E-state index in [9.17, 15) is 19.6 Å². The molecule has 1 aliphatic rings. The number of aryl methyl sites for hydroxylation is 1. The number of amides is 2. The Morgan fingerprint density at radius 1 is 1.19 bits per heavy atom. The van der Waals surface area contributed by atoms with E-state index in [0.29, 0.717) is 42.3 Å². The van der Waals surface area contributed by atoms with Crippen molar-refractivity contribution in [3.63, 3.8) is 0 Å². The van der Waals surface area contributed by atoms with Gasteiger partial charge in [0.25, 0.3) is 5.91 Å². The van der Waals surface area contributed by atoms with E-state index in [-0.39, 0.29) is 19.1 Å². The third kappa shape index (κ3) is 9.25. The number of nitrogens with one attached hydrogen (secondary N) is 2. The van der Waals surface area contributed by atoms with Gasteiger partial charge in [0.2, 0.25) is 4.92 Å². The molecule has 0 radical (unpaired) electrons. The summed E-state index contributed by atoms with van der Waals surface area (Å²) in [5.74, 6) is -0.421. The molecule has 1 aliphatic heterocycles. The summed E-state index contributed by atoms with van der Waals surface area (Å²) in [6.07, 6.45) is 1.85. The van der Waals surface area contributed by atoms with Crippen LogP contribution in [0.2, 0.25) is 0 Å². The Morgan fingerprint density at radius 2 is 1.94 bits per heavy atom. The van der Waals surface area contributed by atoms with Gasteiger partial charge in [0.05, 0.1) is 33.1 Å². The van der Waals surface area contributed by atoms with Gasteiger partial charge in [0, 0.05) is 73.3 Å². The van der Waals surface area contributed by atoms with Crippen molar-refractivity contribution in [2.45, 2.75) is 105 Å². The normalized spacial score (nSPS) is 16.3. The van der Waals surface area contributed by atoms with E-state index in [4.69, 9.17) is 24.3 Å². The number of carbonyl (C=O) groups is 2. The summed E-state index contributed by atoms with van der Waals surface area (Å²) in [5.41, 5.74) is 8.41. The summed E-state index contributed by atoms with van der Waals surface area (Å²) >= 11 is 1.39. The number of fused-ring (bicyclic) bond motifs is 1. The lowest BCUT2D eigenvalue weighted by atomic mass is 9.84. The Labute approximate surface area is 320 Å². The Kier molecular flexibility index (Phi) is 12.8. The van der Waals surface area contributed by atoms with Gasteiger partial charge >= 0.3 is 12.3 Å². The molecule has 1 aromatic carbocycles. The Bertz CT molecular complexity index is 1970. The van der Waals surface area contributed by atoms with Crippen molar-refractivity contribution in [2.75, 3.05) is 27.4 Å². The summed E-state index contributed by atoms with van der Waals surface area (Å²) in [5, 5.41) is 18.1. The first-order chi connectivity index (χ1) is 25.6. The molecule has 54 heavy (non-hydrogen) atoms. The fourth-order valence-corrected chi connectivity index (χ4v) is 7.59. The van der Waals surface area contributed by atoms with Crippen LogP contribution in [0.3, 0.4) is 0 Å². The van der Waals surface area contributed by atoms with Crippen molar-refractivity contribution in [2.24, 2.45) is 5.41 Å². The number of pyridine rings is 1. The van der Waals surface area contributed by atoms with Gasteiger partial charge in [-0.1, -0.05) is 19.9 Å². The van der Waals surface area contributed by atoms with Crippen molar-refractivity contribution in [1.82, 2.24) is 30.3 Å². The summed E-state index contributed by atoms with van der Waals surface area (Å²) in [7, 11) is 2.95. The lowest BCUT2D eigenvalue weighted by Crippen LogP contribution is -2.60. The number of aromatic nitrogens is 3. The fraction of sp³-hybridized carbons (Fsp3) is 0.538. The van der Waals surface area contributed by atoms with E-state index in [1.807, 2.05) is 24.4 Å². The number of rotatable bonds is 14. The first kappa shape index (κ1) is 40.7. The second-order valence-corrected chi connectivity index (χ2v) is 16.3. The van der Waals surface area contributed by atoms with Crippen LogP contribution in [0.5, 0.6) is 0 Å². The number of methoxy groups -OCH3 is 1. The van der Waals surface area contributed by atoms with Crippen LogP contribution in [0, 0.1) is 10.3 Å². The van der Waals surface area contributed by atoms with Crippen LogP contribution in [0.4, 0.5) is 4.79 Å². The van der Waals surface area contributed by atoms with Crippen LogP contribution in [0.15, 0.2) is 41.9 Å². The number of carbonyl (C=O) groups excluding carboxylic acids is 2. The number of aliphatic hydroxyl groups is 1. The summed E-state index contributed by atoms with van der Waals surface area (Å²) in [6.45, 7) is 14.6. The predicted octanol–water partition coefficient (Wildman–Crippen LogP) is 6.34. The second-order valence-electron chi connectivity index (χ2n) is 15.4. The van der Waals surface area contributed by atoms with E-state index in [1.165, 1.54) is 23.5 Å². The third-order valence-corrected chi connectivity index (χ3v) is 10.4. The maximum Gasteiger partial charge on any atom is 0.408 e. The number of hydrazine groups is 1. The van der Waals surface area contributed by atoms with Gasteiger partial charge in [-0.25, -0.2) is 14.6 Å². The molecule has 0 unspecified atom stereocenters. The van der Waals surface area contributed by atoms with Gasteiger partial charge < -0.3 is 24.5 Å². The van der Waals surface area contributed by atoms with Crippen LogP contribution in [-0.4, -0.2) is 86.8 Å². The molecule has 1 saturated heterocycles.